The maximum atomic E-state index is 12.6. The Kier molecular flexibility index (Phi) is 7.01. The van der Waals surface area contributed by atoms with E-state index < -0.39 is 35.1 Å². The summed E-state index contributed by atoms with van der Waals surface area (Å²) in [5.41, 5.74) is 0.603. The number of fused-ring (bicyclic) bond motifs is 1. The molecule has 1 aliphatic rings. The second kappa shape index (κ2) is 9.69. The molecule has 1 aromatic carbocycles. The van der Waals surface area contributed by atoms with Crippen molar-refractivity contribution in [3.8, 4) is 0 Å². The number of hydrogen-bond acceptors (Lipinski definition) is 8. The summed E-state index contributed by atoms with van der Waals surface area (Å²) in [5.74, 6) is -2.13. The maximum absolute atomic E-state index is 12.6. The van der Waals surface area contributed by atoms with E-state index in [1.807, 2.05) is 0 Å². The van der Waals surface area contributed by atoms with Crippen molar-refractivity contribution in [2.75, 3.05) is 11.9 Å². The lowest BCUT2D eigenvalue weighted by Gasteiger charge is -2.14. The predicted octanol–water partition coefficient (Wildman–Crippen LogP) is 3.90. The highest BCUT2D eigenvalue weighted by molar-refractivity contribution is 7.17. The third kappa shape index (κ3) is 5.26. The highest BCUT2D eigenvalue weighted by Gasteiger charge is 2.28. The molecule has 1 heterocycles. The second-order valence-corrected chi connectivity index (χ2v) is 8.37. The molecule has 9 nitrogen and oxygen atoms in total. The average molecular weight is 446 g/mol. The first kappa shape index (κ1) is 22.4. The number of anilines is 1. The lowest BCUT2D eigenvalue weighted by Crippen LogP contribution is -2.22. The summed E-state index contributed by atoms with van der Waals surface area (Å²) in [6, 6.07) is 5.33. The molecule has 0 saturated carbocycles. The minimum atomic E-state index is -0.979. The van der Waals surface area contributed by atoms with Crippen LogP contribution < -0.4 is 5.32 Å². The third-order valence-electron chi connectivity index (χ3n) is 4.63. The fourth-order valence-electron chi connectivity index (χ4n) is 3.32. The molecule has 0 spiro atoms. The molecule has 0 bridgehead atoms. The van der Waals surface area contributed by atoms with Crippen molar-refractivity contribution in [2.45, 2.75) is 45.6 Å². The number of aryl methyl sites for hydroxylation is 1. The molecule has 1 aliphatic carbocycles. The largest absolute Gasteiger partial charge is 0.459 e. The number of nitrogens with one attached hydrogen (secondary N) is 1. The van der Waals surface area contributed by atoms with E-state index in [0.717, 1.165) is 36.1 Å². The van der Waals surface area contributed by atoms with Gasteiger partial charge in [0, 0.05) is 10.9 Å². The fourth-order valence-corrected chi connectivity index (χ4v) is 4.61. The van der Waals surface area contributed by atoms with Gasteiger partial charge in [0.2, 0.25) is 0 Å². The lowest BCUT2D eigenvalue weighted by molar-refractivity contribution is -0.385. The Morgan fingerprint density at radius 2 is 1.87 bits per heavy atom. The Balaban J connectivity index is 1.72. The molecule has 0 atom stereocenters. The smallest absolute Gasteiger partial charge is 0.345 e. The summed E-state index contributed by atoms with van der Waals surface area (Å²) in [4.78, 5) is 48.6. The normalized spacial score (nSPS) is 12.7. The number of ether oxygens (including phenoxy) is 2. The summed E-state index contributed by atoms with van der Waals surface area (Å²) in [6.07, 6.45) is 3.21. The SMILES string of the molecule is CC(C)OC(=O)c1c(NC(=O)COC(=O)c2ccccc2[N+](=O)[O-])sc2c1CCCC2. The molecule has 10 heteroatoms. The Bertz CT molecular complexity index is 1030. The van der Waals surface area contributed by atoms with Crippen molar-refractivity contribution < 1.29 is 28.8 Å². The first-order valence-corrected chi connectivity index (χ1v) is 10.7. The van der Waals surface area contributed by atoms with Crippen molar-refractivity contribution in [3.63, 3.8) is 0 Å². The van der Waals surface area contributed by atoms with Gasteiger partial charge in [0.15, 0.2) is 6.61 Å². The van der Waals surface area contributed by atoms with Gasteiger partial charge in [-0.1, -0.05) is 12.1 Å². The lowest BCUT2D eigenvalue weighted by atomic mass is 9.95. The van der Waals surface area contributed by atoms with E-state index in [1.54, 1.807) is 13.8 Å². The molecule has 31 heavy (non-hydrogen) atoms. The van der Waals surface area contributed by atoms with Gasteiger partial charge < -0.3 is 14.8 Å². The van der Waals surface area contributed by atoms with Crippen molar-refractivity contribution in [1.29, 1.82) is 0 Å². The Morgan fingerprint density at radius 1 is 1.16 bits per heavy atom. The molecule has 1 amide bonds. The van der Waals surface area contributed by atoms with Gasteiger partial charge in [-0.25, -0.2) is 9.59 Å². The number of nitro benzene ring substituents is 1. The molecule has 0 unspecified atom stereocenters. The monoisotopic (exact) mass is 446 g/mol. The van der Waals surface area contributed by atoms with Crippen LogP contribution in [-0.4, -0.2) is 35.5 Å². The van der Waals surface area contributed by atoms with E-state index in [4.69, 9.17) is 9.47 Å². The second-order valence-electron chi connectivity index (χ2n) is 7.27. The van der Waals surface area contributed by atoms with Crippen molar-refractivity contribution >= 4 is 39.9 Å². The number of nitro groups is 1. The number of para-hydroxylation sites is 1. The number of rotatable bonds is 7. The number of nitrogens with zero attached hydrogens (tertiary/aromatic N) is 1. The fraction of sp³-hybridized carbons (Fsp3) is 0.381. The van der Waals surface area contributed by atoms with E-state index in [-0.39, 0.29) is 11.7 Å². The average Bonchev–Trinajstić information content (AvgIpc) is 3.09. The molecule has 0 radical (unpaired) electrons. The molecule has 164 valence electrons. The van der Waals surface area contributed by atoms with Gasteiger partial charge in [-0.3, -0.25) is 14.9 Å². The van der Waals surface area contributed by atoms with Gasteiger partial charge >= 0.3 is 11.9 Å². The zero-order valence-electron chi connectivity index (χ0n) is 17.1. The van der Waals surface area contributed by atoms with Crippen LogP contribution in [0.25, 0.3) is 0 Å². The van der Waals surface area contributed by atoms with E-state index in [0.29, 0.717) is 10.6 Å². The van der Waals surface area contributed by atoms with Gasteiger partial charge in [-0.15, -0.1) is 11.3 Å². The van der Waals surface area contributed by atoms with Crippen LogP contribution in [0.15, 0.2) is 24.3 Å². The van der Waals surface area contributed by atoms with Crippen molar-refractivity contribution in [3.05, 3.63) is 55.9 Å². The summed E-state index contributed by atoms with van der Waals surface area (Å²) in [5, 5.41) is 14.1. The van der Waals surface area contributed by atoms with Crippen LogP contribution in [-0.2, 0) is 27.1 Å². The highest BCUT2D eigenvalue weighted by atomic mass is 32.1. The maximum Gasteiger partial charge on any atom is 0.345 e. The molecule has 1 N–H and O–H groups in total. The van der Waals surface area contributed by atoms with Gasteiger partial charge in [0.25, 0.3) is 11.6 Å². The molecule has 0 aliphatic heterocycles. The standard InChI is InChI=1S/C21H22N2O7S/c1-12(2)30-21(26)18-14-8-4-6-10-16(14)31-19(18)22-17(24)11-29-20(25)13-7-3-5-9-15(13)23(27)28/h3,5,7,9,12H,4,6,8,10-11H2,1-2H3,(H,22,24). The number of carbonyl (C=O) groups is 3. The summed E-state index contributed by atoms with van der Waals surface area (Å²) in [6.45, 7) is 2.85. The number of thiophene rings is 1. The zero-order valence-corrected chi connectivity index (χ0v) is 18.0. The molecular formula is C21H22N2O7S. The Labute approximate surface area is 182 Å². The van der Waals surface area contributed by atoms with Crippen LogP contribution in [0.4, 0.5) is 10.7 Å². The minimum absolute atomic E-state index is 0.243. The van der Waals surface area contributed by atoms with Crippen molar-refractivity contribution in [1.82, 2.24) is 0 Å². The molecule has 0 fully saturated rings. The van der Waals surface area contributed by atoms with Crippen LogP contribution in [0.3, 0.4) is 0 Å². The molecule has 1 aromatic heterocycles. The van der Waals surface area contributed by atoms with E-state index in [1.165, 1.54) is 35.6 Å². The van der Waals surface area contributed by atoms with Crippen LogP contribution in [0.1, 0.15) is 57.8 Å². The molecule has 2 aromatic rings. The minimum Gasteiger partial charge on any atom is -0.459 e. The Hall–Kier alpha value is -3.27. The summed E-state index contributed by atoms with van der Waals surface area (Å²) in [7, 11) is 0. The van der Waals surface area contributed by atoms with E-state index in [2.05, 4.69) is 5.32 Å². The quantitative estimate of drug-likeness (QED) is 0.388. The van der Waals surface area contributed by atoms with Gasteiger partial charge in [-0.2, -0.15) is 0 Å². The Morgan fingerprint density at radius 3 is 2.58 bits per heavy atom. The van der Waals surface area contributed by atoms with Gasteiger partial charge in [0.1, 0.15) is 10.6 Å². The third-order valence-corrected chi connectivity index (χ3v) is 5.83. The first-order chi connectivity index (χ1) is 14.8. The van der Waals surface area contributed by atoms with Crippen LogP contribution >= 0.6 is 11.3 Å². The molecule has 3 rings (SSSR count). The highest BCUT2D eigenvalue weighted by Crippen LogP contribution is 2.38. The zero-order chi connectivity index (χ0) is 22.5. The van der Waals surface area contributed by atoms with E-state index in [9.17, 15) is 24.5 Å². The van der Waals surface area contributed by atoms with E-state index >= 15 is 0 Å². The summed E-state index contributed by atoms with van der Waals surface area (Å²) >= 11 is 1.32. The number of carbonyl (C=O) groups excluding carboxylic acids is 3. The number of benzene rings is 1. The summed E-state index contributed by atoms with van der Waals surface area (Å²) < 4.78 is 10.3. The molecular weight excluding hydrogens is 424 g/mol. The van der Waals surface area contributed by atoms with Crippen LogP contribution in [0.2, 0.25) is 0 Å². The van der Waals surface area contributed by atoms with Gasteiger partial charge in [0.05, 0.1) is 16.6 Å². The van der Waals surface area contributed by atoms with Gasteiger partial charge in [-0.05, 0) is 51.2 Å². The number of hydrogen-bond donors (Lipinski definition) is 1. The number of amides is 1. The number of esters is 2. The van der Waals surface area contributed by atoms with Crippen molar-refractivity contribution in [2.24, 2.45) is 0 Å². The molecule has 0 saturated heterocycles. The topological polar surface area (TPSA) is 125 Å². The first-order valence-electron chi connectivity index (χ1n) is 9.83. The van der Waals surface area contributed by atoms with Crippen LogP contribution in [0.5, 0.6) is 0 Å². The predicted molar refractivity (Wildman–Crippen MR) is 114 cm³/mol. The van der Waals surface area contributed by atoms with Crippen LogP contribution in [0, 0.1) is 10.1 Å².